The van der Waals surface area contributed by atoms with Crippen LogP contribution in [0.5, 0.6) is 0 Å². The van der Waals surface area contributed by atoms with Gasteiger partial charge < -0.3 is 10.0 Å². The number of carbonyl (C=O) groups is 2. The number of likely N-dealkylation sites (tertiary alicyclic amines) is 1. The molecule has 1 N–H and O–H groups in total. The molecule has 1 atom stereocenters. The first-order chi connectivity index (χ1) is 9.99. The Morgan fingerprint density at radius 2 is 2.10 bits per heavy atom. The van der Waals surface area contributed by atoms with Crippen molar-refractivity contribution in [2.45, 2.75) is 38.5 Å². The van der Waals surface area contributed by atoms with Gasteiger partial charge >= 0.3 is 5.97 Å². The van der Waals surface area contributed by atoms with Crippen molar-refractivity contribution in [2.75, 3.05) is 13.1 Å². The Morgan fingerprint density at radius 1 is 1.33 bits per heavy atom. The first-order valence-electron chi connectivity index (χ1n) is 7.62. The van der Waals surface area contributed by atoms with Crippen LogP contribution in [0.3, 0.4) is 0 Å². The quantitative estimate of drug-likeness (QED) is 0.930. The van der Waals surface area contributed by atoms with Crippen molar-refractivity contribution >= 4 is 11.9 Å². The fourth-order valence-corrected chi connectivity index (χ4v) is 3.14. The number of aromatic carboxylic acids is 1. The molecule has 2 aliphatic rings. The van der Waals surface area contributed by atoms with Crippen molar-refractivity contribution in [3.8, 4) is 0 Å². The second-order valence-electron chi connectivity index (χ2n) is 6.58. The Bertz CT molecular complexity index is 577. The molecule has 1 amide bonds. The third-order valence-corrected chi connectivity index (χ3v) is 4.83. The van der Waals surface area contributed by atoms with Crippen LogP contribution in [-0.4, -0.2) is 35.0 Å². The van der Waals surface area contributed by atoms with E-state index < -0.39 is 5.97 Å². The van der Waals surface area contributed by atoms with Crippen molar-refractivity contribution in [1.82, 2.24) is 4.90 Å². The Labute approximate surface area is 124 Å². The zero-order valence-electron chi connectivity index (χ0n) is 12.3. The van der Waals surface area contributed by atoms with Gasteiger partial charge in [0.15, 0.2) is 0 Å². The van der Waals surface area contributed by atoms with Crippen LogP contribution in [0, 0.1) is 5.41 Å². The number of rotatable bonds is 3. The van der Waals surface area contributed by atoms with Gasteiger partial charge in [-0.2, -0.15) is 0 Å². The minimum absolute atomic E-state index is 0.120. The summed E-state index contributed by atoms with van der Waals surface area (Å²) in [5.41, 5.74) is 1.24. The van der Waals surface area contributed by atoms with E-state index in [0.29, 0.717) is 5.56 Å². The summed E-state index contributed by atoms with van der Waals surface area (Å²) in [7, 11) is 0. The third-order valence-electron chi connectivity index (χ3n) is 4.83. The van der Waals surface area contributed by atoms with E-state index >= 15 is 0 Å². The predicted molar refractivity (Wildman–Crippen MR) is 79.3 cm³/mol. The lowest BCUT2D eigenvalue weighted by molar-refractivity contribution is -0.137. The summed E-state index contributed by atoms with van der Waals surface area (Å²) < 4.78 is 0. The molecule has 1 aliphatic carbocycles. The minimum atomic E-state index is -0.897. The van der Waals surface area contributed by atoms with Crippen molar-refractivity contribution in [3.05, 3.63) is 35.4 Å². The molecule has 112 valence electrons. The second kappa shape index (κ2) is 5.17. The van der Waals surface area contributed by atoms with Gasteiger partial charge in [0.25, 0.3) is 0 Å². The number of amides is 1. The second-order valence-corrected chi connectivity index (χ2v) is 6.58. The van der Waals surface area contributed by atoms with Gasteiger partial charge in [-0.1, -0.05) is 19.1 Å². The number of carbonyl (C=O) groups excluding carboxylic acids is 1. The predicted octanol–water partition coefficient (Wildman–Crippen LogP) is 2.89. The fraction of sp³-hybridized carbons (Fsp3) is 0.529. The number of nitrogens with zero attached hydrogens (tertiary/aromatic N) is 1. The van der Waals surface area contributed by atoms with Crippen LogP contribution in [0.25, 0.3) is 0 Å². The average Bonchev–Trinajstić information content (AvgIpc) is 3.26. The van der Waals surface area contributed by atoms with Gasteiger partial charge in [0.05, 0.1) is 5.56 Å². The zero-order chi connectivity index (χ0) is 15.0. The van der Waals surface area contributed by atoms with Gasteiger partial charge in [-0.05, 0) is 43.4 Å². The van der Waals surface area contributed by atoms with Gasteiger partial charge in [-0.15, -0.1) is 0 Å². The molecule has 0 spiro atoms. The number of hydrogen-bond acceptors (Lipinski definition) is 2. The van der Waals surface area contributed by atoms with Crippen LogP contribution in [0.4, 0.5) is 0 Å². The minimum Gasteiger partial charge on any atom is -0.478 e. The van der Waals surface area contributed by atoms with Crippen LogP contribution < -0.4 is 0 Å². The van der Waals surface area contributed by atoms with Gasteiger partial charge in [-0.3, -0.25) is 4.79 Å². The van der Waals surface area contributed by atoms with Crippen LogP contribution in [0.1, 0.15) is 54.4 Å². The number of piperidine rings is 1. The highest BCUT2D eigenvalue weighted by Crippen LogP contribution is 2.47. The molecule has 4 heteroatoms. The Kier molecular flexibility index (Phi) is 3.47. The molecule has 1 aromatic rings. The smallest absolute Gasteiger partial charge is 0.335 e. The molecule has 0 aromatic heterocycles. The van der Waals surface area contributed by atoms with Crippen molar-refractivity contribution in [2.24, 2.45) is 5.41 Å². The molecule has 2 fully saturated rings. The third kappa shape index (κ3) is 2.80. The van der Waals surface area contributed by atoms with E-state index in [1.807, 2.05) is 17.9 Å². The monoisotopic (exact) mass is 287 g/mol. The summed E-state index contributed by atoms with van der Waals surface area (Å²) in [4.78, 5) is 25.5. The zero-order valence-corrected chi connectivity index (χ0v) is 12.3. The van der Waals surface area contributed by atoms with E-state index in [-0.39, 0.29) is 17.2 Å². The molecule has 0 bridgehead atoms. The van der Waals surface area contributed by atoms with Crippen molar-refractivity contribution < 1.29 is 14.7 Å². The topological polar surface area (TPSA) is 57.6 Å². The SMILES string of the molecule is CC1(C(=O)N2CCC[C@@H](c3cccc(C(=O)O)c3)C2)CC1. The molecular formula is C17H21NO3. The highest BCUT2D eigenvalue weighted by molar-refractivity contribution is 5.88. The summed E-state index contributed by atoms with van der Waals surface area (Å²) in [6.45, 7) is 3.60. The van der Waals surface area contributed by atoms with Gasteiger partial charge in [-0.25, -0.2) is 4.79 Å². The molecule has 4 nitrogen and oxygen atoms in total. The van der Waals surface area contributed by atoms with E-state index in [2.05, 4.69) is 0 Å². The molecule has 1 saturated heterocycles. The van der Waals surface area contributed by atoms with E-state index in [4.69, 9.17) is 5.11 Å². The van der Waals surface area contributed by atoms with Gasteiger partial charge in [0, 0.05) is 24.4 Å². The molecule has 1 aromatic carbocycles. The number of carboxylic acid groups (broad SMARTS) is 1. The lowest BCUT2D eigenvalue weighted by atomic mass is 9.89. The normalized spacial score (nSPS) is 23.7. The van der Waals surface area contributed by atoms with Gasteiger partial charge in [0.2, 0.25) is 5.91 Å². The Balaban J connectivity index is 1.75. The van der Waals surface area contributed by atoms with E-state index in [1.165, 1.54) is 0 Å². The standard InChI is InChI=1S/C17H21NO3/c1-17(7-8-17)16(21)18-9-3-6-14(11-18)12-4-2-5-13(10-12)15(19)20/h2,4-5,10,14H,3,6-9,11H2,1H3,(H,19,20)/t14-/m1/s1. The maximum atomic E-state index is 12.5. The largest absolute Gasteiger partial charge is 0.478 e. The number of carboxylic acids is 1. The number of benzene rings is 1. The van der Waals surface area contributed by atoms with Crippen LogP contribution >= 0.6 is 0 Å². The number of hydrogen-bond donors (Lipinski definition) is 1. The highest BCUT2D eigenvalue weighted by Gasteiger charge is 2.47. The van der Waals surface area contributed by atoms with Crippen molar-refractivity contribution in [3.63, 3.8) is 0 Å². The molecule has 1 aliphatic heterocycles. The Hall–Kier alpha value is -1.84. The molecule has 1 heterocycles. The van der Waals surface area contributed by atoms with E-state index in [9.17, 15) is 9.59 Å². The first kappa shape index (κ1) is 14.1. The summed E-state index contributed by atoms with van der Waals surface area (Å²) >= 11 is 0. The van der Waals surface area contributed by atoms with Gasteiger partial charge in [0.1, 0.15) is 0 Å². The maximum absolute atomic E-state index is 12.5. The summed E-state index contributed by atoms with van der Waals surface area (Å²) in [6, 6.07) is 7.13. The lowest BCUT2D eigenvalue weighted by Crippen LogP contribution is -2.42. The molecule has 1 saturated carbocycles. The van der Waals surface area contributed by atoms with Crippen molar-refractivity contribution in [1.29, 1.82) is 0 Å². The lowest BCUT2D eigenvalue weighted by Gasteiger charge is -2.34. The Morgan fingerprint density at radius 3 is 2.76 bits per heavy atom. The van der Waals surface area contributed by atoms with Crippen LogP contribution in [0.15, 0.2) is 24.3 Å². The summed E-state index contributed by atoms with van der Waals surface area (Å²) in [5, 5.41) is 9.10. The van der Waals surface area contributed by atoms with Crippen LogP contribution in [-0.2, 0) is 4.79 Å². The summed E-state index contributed by atoms with van der Waals surface area (Å²) in [5.74, 6) is -0.364. The molecule has 3 rings (SSSR count). The molecular weight excluding hydrogens is 266 g/mol. The van der Waals surface area contributed by atoms with E-state index in [0.717, 1.165) is 44.3 Å². The fourth-order valence-electron chi connectivity index (χ4n) is 3.14. The average molecular weight is 287 g/mol. The van der Waals surface area contributed by atoms with Crippen LogP contribution in [0.2, 0.25) is 0 Å². The maximum Gasteiger partial charge on any atom is 0.335 e. The summed E-state index contributed by atoms with van der Waals surface area (Å²) in [6.07, 6.45) is 4.01. The molecule has 0 unspecified atom stereocenters. The molecule has 0 radical (unpaired) electrons. The first-order valence-corrected chi connectivity index (χ1v) is 7.62. The molecule has 21 heavy (non-hydrogen) atoms. The van der Waals surface area contributed by atoms with E-state index in [1.54, 1.807) is 18.2 Å². The highest BCUT2D eigenvalue weighted by atomic mass is 16.4.